The van der Waals surface area contributed by atoms with Gasteiger partial charge in [0.25, 0.3) is 5.91 Å². The Morgan fingerprint density at radius 3 is 2.65 bits per heavy atom. The molecule has 8 heteroatoms. The van der Waals surface area contributed by atoms with Crippen molar-refractivity contribution < 1.29 is 18.0 Å². The fraction of sp³-hybridized carbons (Fsp3) is 0.500. The summed E-state index contributed by atoms with van der Waals surface area (Å²) in [5, 5.41) is 2.73. The van der Waals surface area contributed by atoms with Gasteiger partial charge in [-0.15, -0.1) is 0 Å². The highest BCUT2D eigenvalue weighted by atomic mass is 35.5. The predicted octanol–water partition coefficient (Wildman–Crippen LogP) is 3.19. The highest BCUT2D eigenvalue weighted by molar-refractivity contribution is 6.33. The molecule has 0 spiro atoms. The van der Waals surface area contributed by atoms with Crippen LogP contribution >= 0.6 is 11.6 Å². The highest BCUT2D eigenvalue weighted by Gasteiger charge is 2.33. The molecule has 0 saturated heterocycles. The lowest BCUT2D eigenvalue weighted by atomic mass is 10.2. The zero-order valence-electron chi connectivity index (χ0n) is 11.1. The molecule has 0 saturated carbocycles. The van der Waals surface area contributed by atoms with Crippen molar-refractivity contribution in [2.45, 2.75) is 19.5 Å². The number of aromatic nitrogens is 1. The van der Waals surface area contributed by atoms with Gasteiger partial charge < -0.3 is 10.2 Å². The quantitative estimate of drug-likeness (QED) is 0.908. The van der Waals surface area contributed by atoms with Crippen LogP contribution in [-0.4, -0.2) is 42.1 Å². The smallest absolute Gasteiger partial charge is 0.373 e. The van der Waals surface area contributed by atoms with Gasteiger partial charge in [0, 0.05) is 19.8 Å². The summed E-state index contributed by atoms with van der Waals surface area (Å²) >= 11 is 5.84. The van der Waals surface area contributed by atoms with Crippen LogP contribution in [0.1, 0.15) is 23.7 Å². The molecule has 112 valence electrons. The zero-order valence-corrected chi connectivity index (χ0v) is 11.8. The molecule has 0 fully saturated rings. The van der Waals surface area contributed by atoms with Crippen molar-refractivity contribution in [2.75, 3.05) is 25.5 Å². The number of rotatable bonds is 5. The topological polar surface area (TPSA) is 45.2 Å². The van der Waals surface area contributed by atoms with Gasteiger partial charge in [-0.05, 0) is 12.5 Å². The number of halogens is 4. The maximum Gasteiger partial charge on any atom is 0.406 e. The Morgan fingerprint density at radius 1 is 1.50 bits per heavy atom. The van der Waals surface area contributed by atoms with Crippen LogP contribution < -0.4 is 5.32 Å². The molecule has 1 heterocycles. The van der Waals surface area contributed by atoms with Crippen LogP contribution in [0.3, 0.4) is 0 Å². The van der Waals surface area contributed by atoms with E-state index in [9.17, 15) is 18.0 Å². The molecule has 1 aromatic rings. The van der Waals surface area contributed by atoms with Crippen LogP contribution in [0.4, 0.5) is 19.0 Å². The molecular formula is C12H15ClF3N3O. The second kappa shape index (κ2) is 6.78. The van der Waals surface area contributed by atoms with Gasteiger partial charge in [-0.1, -0.05) is 18.5 Å². The third-order valence-electron chi connectivity index (χ3n) is 2.49. The number of hydrogen-bond donors (Lipinski definition) is 1. The number of anilines is 1. The SMILES string of the molecule is CCCN(CC(F)(F)F)C(=O)c1cc(NC)ncc1Cl. The molecular weight excluding hydrogens is 295 g/mol. The lowest BCUT2D eigenvalue weighted by molar-refractivity contribution is -0.140. The number of amides is 1. The second-order valence-electron chi connectivity index (χ2n) is 4.14. The van der Waals surface area contributed by atoms with Crippen molar-refractivity contribution in [1.82, 2.24) is 9.88 Å². The molecule has 0 unspecified atom stereocenters. The Bertz CT molecular complexity index is 480. The lowest BCUT2D eigenvalue weighted by Crippen LogP contribution is -2.39. The van der Waals surface area contributed by atoms with E-state index in [2.05, 4.69) is 10.3 Å². The summed E-state index contributed by atoms with van der Waals surface area (Å²) in [5.74, 6) is -0.394. The lowest BCUT2D eigenvalue weighted by Gasteiger charge is -2.24. The molecule has 0 aromatic carbocycles. The van der Waals surface area contributed by atoms with Gasteiger partial charge in [0.15, 0.2) is 0 Å². The molecule has 1 amide bonds. The highest BCUT2D eigenvalue weighted by Crippen LogP contribution is 2.23. The van der Waals surface area contributed by atoms with Crippen LogP contribution in [0.5, 0.6) is 0 Å². The minimum atomic E-state index is -4.45. The Labute approximate surface area is 119 Å². The van der Waals surface area contributed by atoms with Gasteiger partial charge in [0.1, 0.15) is 12.4 Å². The molecule has 0 atom stereocenters. The van der Waals surface area contributed by atoms with E-state index in [0.717, 1.165) is 4.90 Å². The summed E-state index contributed by atoms with van der Waals surface area (Å²) in [5.41, 5.74) is 0.00344. The Hall–Kier alpha value is -1.50. The summed E-state index contributed by atoms with van der Waals surface area (Å²) in [6, 6.07) is 1.34. The van der Waals surface area contributed by atoms with E-state index in [4.69, 9.17) is 11.6 Å². The minimum absolute atomic E-state index is 0.00344. The molecule has 0 aliphatic heterocycles. The molecule has 0 aliphatic carbocycles. The third-order valence-corrected chi connectivity index (χ3v) is 2.79. The van der Waals surface area contributed by atoms with Crippen molar-refractivity contribution in [3.63, 3.8) is 0 Å². The van der Waals surface area contributed by atoms with Crippen LogP contribution in [0.25, 0.3) is 0 Å². The van der Waals surface area contributed by atoms with Crippen molar-refractivity contribution in [1.29, 1.82) is 0 Å². The van der Waals surface area contributed by atoms with E-state index >= 15 is 0 Å². The standard InChI is InChI=1S/C12H15ClF3N3O/c1-3-4-19(7-12(14,15)16)11(20)8-5-10(17-2)18-6-9(8)13/h5-6H,3-4,7H2,1-2H3,(H,17,18). The molecule has 1 aromatic heterocycles. The number of nitrogens with one attached hydrogen (secondary N) is 1. The monoisotopic (exact) mass is 309 g/mol. The normalized spacial score (nSPS) is 11.3. The Kier molecular flexibility index (Phi) is 5.62. The van der Waals surface area contributed by atoms with Crippen LogP contribution in [0.2, 0.25) is 5.02 Å². The maximum atomic E-state index is 12.5. The number of nitrogens with zero attached hydrogens (tertiary/aromatic N) is 2. The third kappa shape index (κ3) is 4.56. The van der Waals surface area contributed by atoms with Gasteiger partial charge in [-0.3, -0.25) is 4.79 Å². The Morgan fingerprint density at radius 2 is 2.15 bits per heavy atom. The van der Waals surface area contributed by atoms with E-state index in [1.807, 2.05) is 0 Å². The fourth-order valence-corrected chi connectivity index (χ4v) is 1.83. The predicted molar refractivity (Wildman–Crippen MR) is 71.0 cm³/mol. The second-order valence-corrected chi connectivity index (χ2v) is 4.55. The molecule has 0 aliphatic rings. The average Bonchev–Trinajstić information content (AvgIpc) is 2.36. The first kappa shape index (κ1) is 16.6. The first-order chi connectivity index (χ1) is 9.28. The van der Waals surface area contributed by atoms with E-state index in [0.29, 0.717) is 12.2 Å². The van der Waals surface area contributed by atoms with E-state index in [-0.39, 0.29) is 17.1 Å². The first-order valence-electron chi connectivity index (χ1n) is 5.97. The minimum Gasteiger partial charge on any atom is -0.373 e. The van der Waals surface area contributed by atoms with Gasteiger partial charge in [0.05, 0.1) is 10.6 Å². The van der Waals surface area contributed by atoms with Gasteiger partial charge in [-0.25, -0.2) is 4.98 Å². The number of pyridine rings is 1. The van der Waals surface area contributed by atoms with Crippen molar-refractivity contribution >= 4 is 23.3 Å². The van der Waals surface area contributed by atoms with Gasteiger partial charge in [0.2, 0.25) is 0 Å². The van der Waals surface area contributed by atoms with Gasteiger partial charge in [-0.2, -0.15) is 13.2 Å². The fourth-order valence-electron chi connectivity index (χ4n) is 1.65. The van der Waals surface area contributed by atoms with Crippen LogP contribution in [0, 0.1) is 0 Å². The summed E-state index contributed by atoms with van der Waals surface area (Å²) < 4.78 is 37.5. The van der Waals surface area contributed by atoms with Crippen LogP contribution in [0.15, 0.2) is 12.3 Å². The Balaban J connectivity index is 3.05. The van der Waals surface area contributed by atoms with Crippen molar-refractivity contribution in [3.8, 4) is 0 Å². The molecule has 0 bridgehead atoms. The zero-order chi connectivity index (χ0) is 15.3. The summed E-state index contributed by atoms with van der Waals surface area (Å²) in [6.45, 7) is 0.406. The van der Waals surface area contributed by atoms with Crippen LogP contribution in [-0.2, 0) is 0 Å². The van der Waals surface area contributed by atoms with Crippen molar-refractivity contribution in [3.05, 3.63) is 22.8 Å². The molecule has 0 radical (unpaired) electrons. The van der Waals surface area contributed by atoms with E-state index in [1.54, 1.807) is 14.0 Å². The van der Waals surface area contributed by atoms with Crippen molar-refractivity contribution in [2.24, 2.45) is 0 Å². The molecule has 20 heavy (non-hydrogen) atoms. The molecule has 1 rings (SSSR count). The summed E-state index contributed by atoms with van der Waals surface area (Å²) in [4.78, 5) is 16.8. The molecule has 1 N–H and O–H groups in total. The van der Waals surface area contributed by atoms with E-state index < -0.39 is 18.6 Å². The first-order valence-corrected chi connectivity index (χ1v) is 6.35. The summed E-state index contributed by atoms with van der Waals surface area (Å²) in [6.07, 6.45) is -2.79. The van der Waals surface area contributed by atoms with Gasteiger partial charge >= 0.3 is 6.18 Å². The average molecular weight is 310 g/mol. The number of carbonyl (C=O) groups is 1. The maximum absolute atomic E-state index is 12.5. The number of alkyl halides is 3. The number of hydrogen-bond acceptors (Lipinski definition) is 3. The number of carbonyl (C=O) groups excluding carboxylic acids is 1. The largest absolute Gasteiger partial charge is 0.406 e. The van der Waals surface area contributed by atoms with E-state index in [1.165, 1.54) is 12.3 Å². The molecule has 4 nitrogen and oxygen atoms in total. The summed E-state index contributed by atoms with van der Waals surface area (Å²) in [7, 11) is 1.59.